The zero-order chi connectivity index (χ0) is 21.4. The van der Waals surface area contributed by atoms with Crippen LogP contribution in [0.4, 0.5) is 20.2 Å². The predicted molar refractivity (Wildman–Crippen MR) is 98.2 cm³/mol. The molecule has 0 aliphatic heterocycles. The summed E-state index contributed by atoms with van der Waals surface area (Å²) >= 11 is 0. The topological polar surface area (TPSA) is 122 Å². The second kappa shape index (κ2) is 7.41. The number of aromatic carboxylic acids is 1. The van der Waals surface area contributed by atoms with Crippen LogP contribution in [0.15, 0.2) is 41.3 Å². The van der Waals surface area contributed by atoms with Crippen molar-refractivity contribution in [1.82, 2.24) is 0 Å². The highest BCUT2D eigenvalue weighted by Crippen LogP contribution is 2.39. The van der Waals surface area contributed by atoms with Crippen LogP contribution in [0.25, 0.3) is 0 Å². The Balaban J connectivity index is 1.77. The number of benzene rings is 2. The number of methoxy groups -OCH3 is 1. The highest BCUT2D eigenvalue weighted by molar-refractivity contribution is 7.92. The Kier molecular flexibility index (Phi) is 5.28. The monoisotopic (exact) mass is 426 g/mol. The van der Waals surface area contributed by atoms with E-state index < -0.39 is 44.5 Å². The van der Waals surface area contributed by atoms with E-state index in [4.69, 9.17) is 9.84 Å². The van der Waals surface area contributed by atoms with Crippen molar-refractivity contribution in [2.75, 3.05) is 17.1 Å². The number of carbonyl (C=O) groups excluding carboxylic acids is 1. The van der Waals surface area contributed by atoms with E-state index in [2.05, 4.69) is 5.32 Å². The van der Waals surface area contributed by atoms with E-state index in [9.17, 15) is 26.8 Å². The number of carboxylic acid groups (broad SMARTS) is 1. The fourth-order valence-electron chi connectivity index (χ4n) is 2.59. The summed E-state index contributed by atoms with van der Waals surface area (Å²) in [6.07, 6.45) is 1.18. The lowest BCUT2D eigenvalue weighted by Crippen LogP contribution is -2.31. The van der Waals surface area contributed by atoms with Gasteiger partial charge in [0.2, 0.25) is 0 Å². The van der Waals surface area contributed by atoms with E-state index in [1.165, 1.54) is 31.4 Å². The molecule has 29 heavy (non-hydrogen) atoms. The van der Waals surface area contributed by atoms with Gasteiger partial charge in [0.1, 0.15) is 17.2 Å². The quantitative estimate of drug-likeness (QED) is 0.626. The third-order valence-corrected chi connectivity index (χ3v) is 5.84. The molecule has 0 heterocycles. The molecule has 1 fully saturated rings. The molecule has 3 N–H and O–H groups in total. The summed E-state index contributed by atoms with van der Waals surface area (Å²) in [5.74, 6) is -4.56. The molecule has 0 radical (unpaired) electrons. The largest absolute Gasteiger partial charge is 0.478 e. The Morgan fingerprint density at radius 3 is 2.24 bits per heavy atom. The number of carboxylic acids is 1. The van der Waals surface area contributed by atoms with Gasteiger partial charge in [-0.15, -0.1) is 0 Å². The van der Waals surface area contributed by atoms with Crippen LogP contribution >= 0.6 is 0 Å². The molecule has 2 aromatic rings. The van der Waals surface area contributed by atoms with E-state index in [1.807, 2.05) is 4.72 Å². The van der Waals surface area contributed by atoms with E-state index >= 15 is 0 Å². The lowest BCUT2D eigenvalue weighted by atomic mass is 10.2. The summed E-state index contributed by atoms with van der Waals surface area (Å²) in [4.78, 5) is 22.6. The molecule has 8 nitrogen and oxygen atoms in total. The molecule has 11 heteroatoms. The van der Waals surface area contributed by atoms with Crippen LogP contribution in [0.5, 0.6) is 0 Å². The third-order valence-electron chi connectivity index (χ3n) is 4.46. The highest BCUT2D eigenvalue weighted by atomic mass is 32.2. The average molecular weight is 426 g/mol. The first kappa shape index (κ1) is 20.7. The van der Waals surface area contributed by atoms with Gasteiger partial charge >= 0.3 is 5.97 Å². The van der Waals surface area contributed by atoms with Crippen molar-refractivity contribution in [3.63, 3.8) is 0 Å². The maximum Gasteiger partial charge on any atom is 0.338 e. The minimum absolute atomic E-state index is 0.273. The van der Waals surface area contributed by atoms with E-state index in [-0.39, 0.29) is 10.8 Å². The molecule has 0 bridgehead atoms. The van der Waals surface area contributed by atoms with Crippen LogP contribution in [-0.4, -0.2) is 38.1 Å². The van der Waals surface area contributed by atoms with Crippen molar-refractivity contribution in [3.8, 4) is 0 Å². The summed E-state index contributed by atoms with van der Waals surface area (Å²) in [5, 5.41) is 11.4. The number of amides is 1. The Labute approximate surface area is 164 Å². The average Bonchev–Trinajstić information content (AvgIpc) is 3.46. The first-order chi connectivity index (χ1) is 13.6. The van der Waals surface area contributed by atoms with Crippen molar-refractivity contribution in [2.24, 2.45) is 0 Å². The molecule has 0 unspecified atom stereocenters. The highest BCUT2D eigenvalue weighted by Gasteiger charge is 2.50. The lowest BCUT2D eigenvalue weighted by Gasteiger charge is -2.14. The minimum atomic E-state index is -4.29. The number of ether oxygens (including phenoxy) is 1. The van der Waals surface area contributed by atoms with Gasteiger partial charge < -0.3 is 15.2 Å². The van der Waals surface area contributed by atoms with Gasteiger partial charge in [-0.25, -0.2) is 22.0 Å². The van der Waals surface area contributed by atoms with Crippen molar-refractivity contribution >= 4 is 33.3 Å². The van der Waals surface area contributed by atoms with Gasteiger partial charge in [0, 0.05) is 18.9 Å². The molecule has 0 atom stereocenters. The van der Waals surface area contributed by atoms with E-state index in [0.717, 1.165) is 0 Å². The Morgan fingerprint density at radius 2 is 1.72 bits per heavy atom. The number of sulfonamides is 1. The predicted octanol–water partition coefficient (Wildman–Crippen LogP) is 2.58. The Hall–Kier alpha value is -3.05. The second-order valence-corrected chi connectivity index (χ2v) is 8.08. The van der Waals surface area contributed by atoms with Gasteiger partial charge in [0.05, 0.1) is 16.1 Å². The van der Waals surface area contributed by atoms with Gasteiger partial charge in [0.15, 0.2) is 0 Å². The molecule has 154 valence electrons. The number of rotatable bonds is 7. The fraction of sp³-hybridized carbons (Fsp3) is 0.222. The molecule has 0 aromatic heterocycles. The van der Waals surface area contributed by atoms with Crippen LogP contribution in [-0.2, 0) is 19.6 Å². The van der Waals surface area contributed by atoms with Gasteiger partial charge in [-0.3, -0.25) is 9.52 Å². The van der Waals surface area contributed by atoms with Crippen molar-refractivity contribution in [1.29, 1.82) is 0 Å². The molecule has 0 spiro atoms. The molecule has 1 saturated carbocycles. The van der Waals surface area contributed by atoms with E-state index in [0.29, 0.717) is 30.7 Å². The van der Waals surface area contributed by atoms with Crippen LogP contribution < -0.4 is 10.0 Å². The van der Waals surface area contributed by atoms with Gasteiger partial charge in [0.25, 0.3) is 15.9 Å². The molecular weight excluding hydrogens is 410 g/mol. The lowest BCUT2D eigenvalue weighted by molar-refractivity contribution is -0.128. The fourth-order valence-corrected chi connectivity index (χ4v) is 3.65. The van der Waals surface area contributed by atoms with Crippen molar-refractivity contribution < 1.29 is 36.6 Å². The summed E-state index contributed by atoms with van der Waals surface area (Å²) in [5.41, 5.74) is -2.17. The molecule has 1 aliphatic rings. The van der Waals surface area contributed by atoms with Gasteiger partial charge in [-0.2, -0.15) is 0 Å². The number of halogens is 2. The van der Waals surface area contributed by atoms with Gasteiger partial charge in [-0.05, 0) is 43.2 Å². The summed E-state index contributed by atoms with van der Waals surface area (Å²) < 4.78 is 59.5. The number of nitrogens with one attached hydrogen (secondary N) is 2. The van der Waals surface area contributed by atoms with Gasteiger partial charge in [-0.1, -0.05) is 0 Å². The standard InChI is InChI=1S/C18H16F2N2O6S/c1-28-18(6-7-18)17(25)21-10-2-4-11(5-3-10)29(26,27)22-15-9-13(19)12(16(23)24)8-14(15)20/h2-5,8-9,22H,6-7H2,1H3,(H,21,25)(H,23,24). The number of carbonyl (C=O) groups is 2. The molecule has 3 rings (SSSR count). The first-order valence-corrected chi connectivity index (χ1v) is 9.78. The maximum atomic E-state index is 14.0. The minimum Gasteiger partial charge on any atom is -0.478 e. The maximum absolute atomic E-state index is 14.0. The molecule has 1 aliphatic carbocycles. The first-order valence-electron chi connectivity index (χ1n) is 8.30. The Morgan fingerprint density at radius 1 is 1.10 bits per heavy atom. The van der Waals surface area contributed by atoms with Crippen LogP contribution in [0.2, 0.25) is 0 Å². The number of hydrogen-bond donors (Lipinski definition) is 3. The van der Waals surface area contributed by atoms with Crippen LogP contribution in [0.1, 0.15) is 23.2 Å². The number of anilines is 2. The summed E-state index contributed by atoms with van der Waals surface area (Å²) in [6.45, 7) is 0. The molecule has 1 amide bonds. The normalized spacial score (nSPS) is 14.9. The summed E-state index contributed by atoms with van der Waals surface area (Å²) in [7, 11) is -2.86. The van der Waals surface area contributed by atoms with Crippen LogP contribution in [0.3, 0.4) is 0 Å². The van der Waals surface area contributed by atoms with Crippen molar-refractivity contribution in [2.45, 2.75) is 23.3 Å². The van der Waals surface area contributed by atoms with Crippen molar-refractivity contribution in [3.05, 3.63) is 53.6 Å². The van der Waals surface area contributed by atoms with E-state index in [1.54, 1.807) is 0 Å². The number of hydrogen-bond acceptors (Lipinski definition) is 5. The third kappa shape index (κ3) is 4.20. The smallest absolute Gasteiger partial charge is 0.338 e. The van der Waals surface area contributed by atoms with Crippen LogP contribution in [0, 0.1) is 11.6 Å². The zero-order valence-corrected chi connectivity index (χ0v) is 15.8. The SMILES string of the molecule is COC1(C(=O)Nc2ccc(S(=O)(=O)Nc3cc(F)c(C(=O)O)cc3F)cc2)CC1. The molecular formula is C18H16F2N2O6S. The molecule has 0 saturated heterocycles. The second-order valence-electron chi connectivity index (χ2n) is 6.40. The molecule has 2 aromatic carbocycles. The Bertz CT molecular complexity index is 1080. The summed E-state index contributed by atoms with van der Waals surface area (Å²) in [6, 6.07) is 5.85. The zero-order valence-electron chi connectivity index (χ0n) is 15.0.